The molecular formula is C19H31FIN3O3. The van der Waals surface area contributed by atoms with E-state index in [9.17, 15) is 9.50 Å². The van der Waals surface area contributed by atoms with E-state index in [1.54, 1.807) is 12.1 Å². The lowest BCUT2D eigenvalue weighted by atomic mass is 9.84. The Morgan fingerprint density at radius 1 is 1.37 bits per heavy atom. The van der Waals surface area contributed by atoms with Crippen LogP contribution in [0.15, 0.2) is 29.3 Å². The fraction of sp³-hybridized carbons (Fsp3) is 0.632. The molecule has 0 spiro atoms. The Labute approximate surface area is 177 Å². The average molecular weight is 495 g/mol. The van der Waals surface area contributed by atoms with Crippen LogP contribution in [0.4, 0.5) is 4.39 Å². The molecule has 0 aromatic heterocycles. The Morgan fingerprint density at radius 2 is 2.11 bits per heavy atom. The molecule has 2 unspecified atom stereocenters. The first kappa shape index (κ1) is 23.9. The van der Waals surface area contributed by atoms with Gasteiger partial charge < -0.3 is 25.2 Å². The molecule has 0 saturated carbocycles. The highest BCUT2D eigenvalue weighted by Gasteiger charge is 2.34. The number of aliphatic imine (C=N–C) groups is 1. The van der Waals surface area contributed by atoms with Crippen molar-refractivity contribution >= 4 is 29.9 Å². The van der Waals surface area contributed by atoms with Crippen molar-refractivity contribution in [2.45, 2.75) is 32.8 Å². The number of rotatable bonds is 9. The predicted octanol–water partition coefficient (Wildman–Crippen LogP) is 2.56. The molecule has 0 bridgehead atoms. The molecule has 1 aromatic carbocycles. The number of guanidine groups is 1. The van der Waals surface area contributed by atoms with Crippen molar-refractivity contribution in [1.82, 2.24) is 10.6 Å². The number of ether oxygens (including phenoxy) is 2. The maximum Gasteiger partial charge on any atom is 0.191 e. The Kier molecular flexibility index (Phi) is 10.9. The van der Waals surface area contributed by atoms with Crippen LogP contribution in [-0.4, -0.2) is 56.6 Å². The molecule has 2 rings (SSSR count). The van der Waals surface area contributed by atoms with E-state index >= 15 is 0 Å². The van der Waals surface area contributed by atoms with Gasteiger partial charge in [-0.1, -0.05) is 0 Å². The Hall–Kier alpha value is -1.13. The molecule has 1 aliphatic heterocycles. The smallest absolute Gasteiger partial charge is 0.191 e. The van der Waals surface area contributed by atoms with Gasteiger partial charge in [0.2, 0.25) is 0 Å². The zero-order valence-corrected chi connectivity index (χ0v) is 18.4. The molecule has 3 N–H and O–H groups in total. The van der Waals surface area contributed by atoms with Gasteiger partial charge in [-0.15, -0.1) is 24.0 Å². The maximum atomic E-state index is 12.9. The van der Waals surface area contributed by atoms with Gasteiger partial charge in [-0.05, 0) is 51.0 Å². The summed E-state index contributed by atoms with van der Waals surface area (Å²) in [5.41, 5.74) is -0.0761. The lowest BCUT2D eigenvalue weighted by molar-refractivity contribution is 0.131. The largest absolute Gasteiger partial charge is 0.489 e. The van der Waals surface area contributed by atoms with Gasteiger partial charge in [0, 0.05) is 25.2 Å². The van der Waals surface area contributed by atoms with Crippen LogP contribution in [0.2, 0.25) is 0 Å². The fourth-order valence-electron chi connectivity index (χ4n) is 2.90. The van der Waals surface area contributed by atoms with E-state index in [-0.39, 0.29) is 47.9 Å². The highest BCUT2D eigenvalue weighted by atomic mass is 127. The Balaban J connectivity index is 0.00000364. The minimum atomic E-state index is -0.280. The van der Waals surface area contributed by atoms with Crippen molar-refractivity contribution in [3.8, 4) is 5.75 Å². The van der Waals surface area contributed by atoms with Gasteiger partial charge in [0.1, 0.15) is 17.7 Å². The first-order valence-corrected chi connectivity index (χ1v) is 9.20. The van der Waals surface area contributed by atoms with Crippen molar-refractivity contribution in [1.29, 1.82) is 0 Å². The first-order valence-electron chi connectivity index (χ1n) is 9.20. The number of aliphatic hydroxyl groups is 1. The summed E-state index contributed by atoms with van der Waals surface area (Å²) in [6, 6.07) is 5.99. The summed E-state index contributed by atoms with van der Waals surface area (Å²) in [4.78, 5) is 4.68. The summed E-state index contributed by atoms with van der Waals surface area (Å²) < 4.78 is 24.2. The summed E-state index contributed by atoms with van der Waals surface area (Å²) >= 11 is 0. The number of halogens is 2. The molecule has 1 saturated heterocycles. The molecule has 27 heavy (non-hydrogen) atoms. The summed E-state index contributed by atoms with van der Waals surface area (Å²) in [7, 11) is 0. The van der Waals surface area contributed by atoms with Crippen molar-refractivity contribution in [3.05, 3.63) is 30.1 Å². The van der Waals surface area contributed by atoms with Gasteiger partial charge in [0.15, 0.2) is 5.96 Å². The second kappa shape index (κ2) is 12.4. The van der Waals surface area contributed by atoms with Gasteiger partial charge in [0.05, 0.1) is 19.7 Å². The highest BCUT2D eigenvalue weighted by molar-refractivity contribution is 14.0. The van der Waals surface area contributed by atoms with Crippen LogP contribution in [-0.2, 0) is 4.74 Å². The molecule has 1 aromatic rings. The first-order chi connectivity index (χ1) is 12.6. The molecule has 1 aliphatic rings. The maximum absolute atomic E-state index is 12.9. The van der Waals surface area contributed by atoms with E-state index in [4.69, 9.17) is 9.47 Å². The van der Waals surface area contributed by atoms with Gasteiger partial charge in [-0.2, -0.15) is 0 Å². The van der Waals surface area contributed by atoms with E-state index in [0.29, 0.717) is 37.8 Å². The third-order valence-corrected chi connectivity index (χ3v) is 4.45. The number of hydrogen-bond acceptors (Lipinski definition) is 4. The van der Waals surface area contributed by atoms with Crippen LogP contribution in [0.5, 0.6) is 5.75 Å². The third kappa shape index (κ3) is 8.18. The highest BCUT2D eigenvalue weighted by Crippen LogP contribution is 2.32. The van der Waals surface area contributed by atoms with Crippen LogP contribution in [0.25, 0.3) is 0 Å². The summed E-state index contributed by atoms with van der Waals surface area (Å²) in [5.74, 6) is 1.07. The topological polar surface area (TPSA) is 75.1 Å². The standard InChI is InChI=1S/C19H30FN3O3.HI/c1-3-21-18(23-13-19(8-10-24)9-11-25-14-19)22-12-15(2)26-17-6-4-16(20)5-7-17;/h4-7,15,24H,3,8-14H2,1-2H3,(H2,21,22,23);1H. The lowest BCUT2D eigenvalue weighted by Crippen LogP contribution is -2.42. The zero-order valence-electron chi connectivity index (χ0n) is 16.0. The Bertz CT molecular complexity index is 566. The number of hydrogen-bond donors (Lipinski definition) is 3. The average Bonchev–Trinajstić information content (AvgIpc) is 3.08. The van der Waals surface area contributed by atoms with Crippen LogP contribution in [0, 0.1) is 11.2 Å². The summed E-state index contributed by atoms with van der Waals surface area (Å²) in [6.45, 7) is 7.38. The van der Waals surface area contributed by atoms with E-state index in [1.807, 2.05) is 13.8 Å². The number of nitrogens with zero attached hydrogens (tertiary/aromatic N) is 1. The molecule has 2 atom stereocenters. The lowest BCUT2D eigenvalue weighted by Gasteiger charge is -2.25. The zero-order chi connectivity index (χ0) is 18.8. The van der Waals surface area contributed by atoms with E-state index in [0.717, 1.165) is 19.6 Å². The monoisotopic (exact) mass is 495 g/mol. The molecular weight excluding hydrogens is 464 g/mol. The molecule has 0 amide bonds. The molecule has 8 heteroatoms. The third-order valence-electron chi connectivity index (χ3n) is 4.45. The second-order valence-electron chi connectivity index (χ2n) is 6.73. The van der Waals surface area contributed by atoms with E-state index < -0.39 is 0 Å². The van der Waals surface area contributed by atoms with E-state index in [1.165, 1.54) is 12.1 Å². The van der Waals surface area contributed by atoms with Crippen LogP contribution in [0.1, 0.15) is 26.7 Å². The SMILES string of the molecule is CCNC(=NCC1(CCO)CCOC1)NCC(C)Oc1ccc(F)cc1.I. The van der Waals surface area contributed by atoms with Crippen molar-refractivity contribution in [2.75, 3.05) is 39.5 Å². The normalized spacial score (nSPS) is 20.7. The number of aliphatic hydroxyl groups excluding tert-OH is 1. The predicted molar refractivity (Wildman–Crippen MR) is 115 cm³/mol. The number of benzene rings is 1. The minimum Gasteiger partial charge on any atom is -0.489 e. The van der Waals surface area contributed by atoms with Crippen molar-refractivity contribution < 1.29 is 19.0 Å². The Morgan fingerprint density at radius 3 is 2.70 bits per heavy atom. The van der Waals surface area contributed by atoms with Gasteiger partial charge in [0.25, 0.3) is 0 Å². The molecule has 1 fully saturated rings. The van der Waals surface area contributed by atoms with Crippen molar-refractivity contribution in [3.63, 3.8) is 0 Å². The number of nitrogens with one attached hydrogen (secondary N) is 2. The molecule has 6 nitrogen and oxygen atoms in total. The van der Waals surface area contributed by atoms with Gasteiger partial charge in [-0.25, -0.2) is 4.39 Å². The summed E-state index contributed by atoms with van der Waals surface area (Å²) in [5, 5.41) is 15.8. The summed E-state index contributed by atoms with van der Waals surface area (Å²) in [6.07, 6.45) is 1.51. The quantitative estimate of drug-likeness (QED) is 0.279. The fourth-order valence-corrected chi connectivity index (χ4v) is 2.90. The molecule has 1 heterocycles. The second-order valence-corrected chi connectivity index (χ2v) is 6.73. The molecule has 0 aliphatic carbocycles. The van der Waals surface area contributed by atoms with Crippen LogP contribution >= 0.6 is 24.0 Å². The van der Waals surface area contributed by atoms with Gasteiger partial charge in [-0.3, -0.25) is 4.99 Å². The van der Waals surface area contributed by atoms with E-state index in [2.05, 4.69) is 15.6 Å². The molecule has 154 valence electrons. The van der Waals surface area contributed by atoms with Crippen LogP contribution < -0.4 is 15.4 Å². The molecule has 0 radical (unpaired) electrons. The van der Waals surface area contributed by atoms with Gasteiger partial charge >= 0.3 is 0 Å². The van der Waals surface area contributed by atoms with Crippen molar-refractivity contribution in [2.24, 2.45) is 10.4 Å². The van der Waals surface area contributed by atoms with Crippen LogP contribution in [0.3, 0.4) is 0 Å². The minimum absolute atomic E-state index is 0.